The first-order valence-corrected chi connectivity index (χ1v) is 7.00. The number of aliphatic hydroxyl groups excluding tert-OH is 2. The average Bonchev–Trinajstić information content (AvgIpc) is 2.97. The molecule has 2 aromatic rings. The van der Waals surface area contributed by atoms with Crippen molar-refractivity contribution >= 4 is 23.1 Å². The number of aromatic amines is 1. The van der Waals surface area contributed by atoms with Crippen molar-refractivity contribution < 1.29 is 24.9 Å². The number of nitrogens with two attached hydrogens (primary N) is 1. The van der Waals surface area contributed by atoms with Crippen LogP contribution in [0.3, 0.4) is 0 Å². The molecular weight excluding hydrogens is 326 g/mol. The Hall–Kier alpha value is -2.70. The highest BCUT2D eigenvalue weighted by molar-refractivity contribution is 5.75. The second-order valence-electron chi connectivity index (χ2n) is 5.39. The second kappa shape index (κ2) is 5.74. The Bertz CT molecular complexity index is 913. The van der Waals surface area contributed by atoms with E-state index in [2.05, 4.69) is 9.97 Å². The summed E-state index contributed by atoms with van der Waals surface area (Å²) in [5.74, 6) is -1.62. The Morgan fingerprint density at radius 1 is 1.46 bits per heavy atom. The topological polar surface area (TPSA) is 186 Å². The van der Waals surface area contributed by atoms with E-state index in [1.54, 1.807) is 0 Å². The minimum atomic E-state index is -1.34. The molecule has 1 saturated heterocycles. The van der Waals surface area contributed by atoms with Crippen LogP contribution < -0.4 is 17.0 Å². The van der Waals surface area contributed by atoms with E-state index in [9.17, 15) is 19.5 Å². The van der Waals surface area contributed by atoms with Crippen LogP contribution in [0, 0.1) is 0 Å². The number of fused-ring (bicyclic) bond motifs is 1. The van der Waals surface area contributed by atoms with Gasteiger partial charge < -0.3 is 25.8 Å². The number of H-pyrrole nitrogens is 1. The first-order chi connectivity index (χ1) is 11.3. The summed E-state index contributed by atoms with van der Waals surface area (Å²) in [6.07, 6.45) is -3.00. The summed E-state index contributed by atoms with van der Waals surface area (Å²) in [5, 5.41) is 28.2. The van der Waals surface area contributed by atoms with Gasteiger partial charge in [-0.2, -0.15) is 4.98 Å². The SMILES string of the molecule is Nc1nc2c(c(=O)[nH]1)n(CC(=O)O)c(=O)n2[C@@H]1O[C@H](CO)C[C@H]1O. The molecule has 1 aliphatic heterocycles. The number of nitrogen functional groups attached to an aromatic ring is 1. The number of nitrogens with zero attached hydrogens (tertiary/aromatic N) is 3. The zero-order valence-electron chi connectivity index (χ0n) is 12.2. The van der Waals surface area contributed by atoms with Crippen molar-refractivity contribution in [1.29, 1.82) is 0 Å². The molecule has 2 aromatic heterocycles. The highest BCUT2D eigenvalue weighted by Gasteiger charge is 2.38. The maximum Gasteiger partial charge on any atom is 0.333 e. The molecule has 130 valence electrons. The van der Waals surface area contributed by atoms with Crippen molar-refractivity contribution in [2.45, 2.75) is 31.4 Å². The van der Waals surface area contributed by atoms with E-state index in [1.165, 1.54) is 0 Å². The van der Waals surface area contributed by atoms with E-state index in [0.29, 0.717) is 4.57 Å². The number of nitrogens with one attached hydrogen (secondary N) is 1. The van der Waals surface area contributed by atoms with Crippen LogP contribution in [-0.2, 0) is 16.1 Å². The van der Waals surface area contributed by atoms with E-state index in [0.717, 1.165) is 4.57 Å². The highest BCUT2D eigenvalue weighted by atomic mass is 16.5. The molecule has 0 unspecified atom stereocenters. The van der Waals surface area contributed by atoms with Crippen LogP contribution >= 0.6 is 0 Å². The third kappa shape index (κ3) is 2.46. The predicted octanol–water partition coefficient (Wildman–Crippen LogP) is -2.81. The van der Waals surface area contributed by atoms with Crippen LogP contribution in [0.15, 0.2) is 9.59 Å². The summed E-state index contributed by atoms with van der Waals surface area (Å²) >= 11 is 0. The summed E-state index contributed by atoms with van der Waals surface area (Å²) in [6.45, 7) is -1.14. The molecule has 0 radical (unpaired) electrons. The van der Waals surface area contributed by atoms with Gasteiger partial charge in [-0.05, 0) is 0 Å². The first-order valence-electron chi connectivity index (χ1n) is 7.00. The van der Waals surface area contributed by atoms with Crippen LogP contribution in [0.5, 0.6) is 0 Å². The van der Waals surface area contributed by atoms with Gasteiger partial charge >= 0.3 is 11.7 Å². The average molecular weight is 341 g/mol. The monoisotopic (exact) mass is 341 g/mol. The van der Waals surface area contributed by atoms with Gasteiger partial charge in [0.15, 0.2) is 17.4 Å². The van der Waals surface area contributed by atoms with Gasteiger partial charge in [0, 0.05) is 6.42 Å². The zero-order valence-corrected chi connectivity index (χ0v) is 12.2. The molecule has 3 atom stereocenters. The van der Waals surface area contributed by atoms with Crippen molar-refractivity contribution in [3.05, 3.63) is 20.8 Å². The Morgan fingerprint density at radius 2 is 2.17 bits per heavy atom. The predicted molar refractivity (Wildman–Crippen MR) is 78.3 cm³/mol. The van der Waals surface area contributed by atoms with Gasteiger partial charge in [0.2, 0.25) is 5.95 Å². The van der Waals surface area contributed by atoms with Crippen molar-refractivity contribution in [3.8, 4) is 0 Å². The van der Waals surface area contributed by atoms with E-state index in [1.807, 2.05) is 0 Å². The number of carboxylic acids is 1. The number of imidazole rings is 1. The van der Waals surface area contributed by atoms with Crippen LogP contribution in [0.4, 0.5) is 5.95 Å². The fourth-order valence-corrected chi connectivity index (χ4v) is 2.79. The van der Waals surface area contributed by atoms with E-state index < -0.39 is 42.2 Å². The quantitative estimate of drug-likeness (QED) is 0.391. The summed E-state index contributed by atoms with van der Waals surface area (Å²) < 4.78 is 7.00. The zero-order chi connectivity index (χ0) is 17.6. The Labute approximate surface area is 132 Å². The molecule has 3 rings (SSSR count). The molecule has 0 saturated carbocycles. The van der Waals surface area contributed by atoms with Crippen LogP contribution in [0.2, 0.25) is 0 Å². The van der Waals surface area contributed by atoms with Gasteiger partial charge in [0.05, 0.1) is 12.7 Å². The van der Waals surface area contributed by atoms with Gasteiger partial charge in [0.25, 0.3) is 5.56 Å². The highest BCUT2D eigenvalue weighted by Crippen LogP contribution is 2.29. The maximum atomic E-state index is 12.6. The maximum absolute atomic E-state index is 12.6. The van der Waals surface area contributed by atoms with Crippen LogP contribution in [0.25, 0.3) is 11.2 Å². The minimum absolute atomic E-state index is 0.0673. The summed E-state index contributed by atoms with van der Waals surface area (Å²) in [6, 6.07) is 0. The lowest BCUT2D eigenvalue weighted by atomic mass is 10.2. The molecule has 1 aliphatic rings. The van der Waals surface area contributed by atoms with Crippen molar-refractivity contribution in [3.63, 3.8) is 0 Å². The van der Waals surface area contributed by atoms with Crippen LogP contribution in [-0.4, -0.2) is 59.2 Å². The lowest BCUT2D eigenvalue weighted by Gasteiger charge is -2.15. The smallest absolute Gasteiger partial charge is 0.333 e. The number of carbonyl (C=O) groups is 1. The van der Waals surface area contributed by atoms with E-state index >= 15 is 0 Å². The summed E-state index contributed by atoms with van der Waals surface area (Å²) in [5.41, 5.74) is 3.31. The molecule has 24 heavy (non-hydrogen) atoms. The second-order valence-corrected chi connectivity index (χ2v) is 5.39. The van der Waals surface area contributed by atoms with Crippen molar-refractivity contribution in [1.82, 2.24) is 19.1 Å². The molecule has 12 heteroatoms. The molecule has 0 aliphatic carbocycles. The largest absolute Gasteiger partial charge is 0.480 e. The minimum Gasteiger partial charge on any atom is -0.480 e. The van der Waals surface area contributed by atoms with E-state index in [-0.39, 0.29) is 30.1 Å². The number of carboxylic acid groups (broad SMARTS) is 1. The Kier molecular flexibility index (Phi) is 3.87. The van der Waals surface area contributed by atoms with Crippen molar-refractivity contribution in [2.75, 3.05) is 12.3 Å². The third-order valence-electron chi connectivity index (χ3n) is 3.75. The number of aliphatic carboxylic acids is 1. The molecule has 0 amide bonds. The number of aromatic nitrogens is 4. The molecule has 3 heterocycles. The van der Waals surface area contributed by atoms with E-state index in [4.69, 9.17) is 20.7 Å². The fourth-order valence-electron chi connectivity index (χ4n) is 2.79. The van der Waals surface area contributed by atoms with Gasteiger partial charge in [-0.3, -0.25) is 19.1 Å². The summed E-state index contributed by atoms with van der Waals surface area (Å²) in [7, 11) is 0. The number of hydrogen-bond acceptors (Lipinski definition) is 8. The van der Waals surface area contributed by atoms with Gasteiger partial charge in [-0.25, -0.2) is 9.36 Å². The number of hydrogen-bond donors (Lipinski definition) is 5. The molecular formula is C12H15N5O7. The fraction of sp³-hybridized carbons (Fsp3) is 0.500. The number of rotatable bonds is 4. The molecule has 1 fully saturated rings. The number of aliphatic hydroxyl groups is 2. The van der Waals surface area contributed by atoms with Gasteiger partial charge in [0.1, 0.15) is 12.6 Å². The standard InChI is InChI=1S/C12H15N5O7/c13-11-14-8-7(9(22)15-11)16(2-6(20)21)12(23)17(8)10-5(19)1-4(3-18)24-10/h4-5,10,18-19H,1-3H2,(H,20,21)(H3,13,14,15,22)/t4-,5+,10+/m0/s1. The summed E-state index contributed by atoms with van der Waals surface area (Å²) in [4.78, 5) is 41.7. The lowest BCUT2D eigenvalue weighted by molar-refractivity contribution is -0.137. The van der Waals surface area contributed by atoms with Gasteiger partial charge in [-0.15, -0.1) is 0 Å². The number of anilines is 1. The Balaban J connectivity index is 2.28. The first kappa shape index (κ1) is 16.2. The third-order valence-corrected chi connectivity index (χ3v) is 3.75. The van der Waals surface area contributed by atoms with Crippen molar-refractivity contribution in [2.24, 2.45) is 0 Å². The molecule has 0 aromatic carbocycles. The Morgan fingerprint density at radius 3 is 2.75 bits per heavy atom. The van der Waals surface area contributed by atoms with Gasteiger partial charge in [-0.1, -0.05) is 0 Å². The normalized spacial score (nSPS) is 23.8. The van der Waals surface area contributed by atoms with Crippen LogP contribution in [0.1, 0.15) is 12.6 Å². The molecule has 0 bridgehead atoms. The number of ether oxygens (including phenoxy) is 1. The molecule has 6 N–H and O–H groups in total. The lowest BCUT2D eigenvalue weighted by Crippen LogP contribution is -2.33. The molecule has 12 nitrogen and oxygen atoms in total. The molecule has 0 spiro atoms.